The molecule has 0 aliphatic rings. The van der Waals surface area contributed by atoms with E-state index < -0.39 is 34.6 Å². The van der Waals surface area contributed by atoms with Crippen LogP contribution in [0.1, 0.15) is 5.56 Å². The molecule has 0 aliphatic heterocycles. The van der Waals surface area contributed by atoms with Crippen LogP contribution in [-0.4, -0.2) is 21.1 Å². The molecule has 0 aromatic heterocycles. The van der Waals surface area contributed by atoms with Gasteiger partial charge in [0.1, 0.15) is 0 Å². The summed E-state index contributed by atoms with van der Waals surface area (Å²) in [5, 5.41) is 27.7. The molecule has 6 nitrogen and oxygen atoms in total. The van der Waals surface area contributed by atoms with Crippen molar-refractivity contribution in [3.8, 4) is 5.75 Å². The number of aromatic hydroxyl groups is 1. The number of nitro benzene ring substituents is 1. The maximum Gasteiger partial charge on any atom is 0.313 e. The average Bonchev–Trinajstić information content (AvgIpc) is 2.12. The lowest BCUT2D eigenvalue weighted by Crippen LogP contribution is -2.03. The second kappa shape index (κ2) is 3.91. The van der Waals surface area contributed by atoms with Gasteiger partial charge < -0.3 is 10.2 Å². The highest BCUT2D eigenvalue weighted by Gasteiger charge is 2.21. The van der Waals surface area contributed by atoms with Gasteiger partial charge in [-0.15, -0.1) is 0 Å². The summed E-state index contributed by atoms with van der Waals surface area (Å²) in [4.78, 5) is 19.6. The van der Waals surface area contributed by atoms with Crippen molar-refractivity contribution in [2.45, 2.75) is 6.42 Å². The third kappa shape index (κ3) is 2.19. The van der Waals surface area contributed by atoms with Crippen molar-refractivity contribution in [3.63, 3.8) is 0 Å². The van der Waals surface area contributed by atoms with Crippen LogP contribution in [0.4, 0.5) is 10.1 Å². The highest BCUT2D eigenvalue weighted by Crippen LogP contribution is 2.30. The molecule has 0 unspecified atom stereocenters. The number of aliphatic carboxylic acids is 1. The van der Waals surface area contributed by atoms with Gasteiger partial charge in [-0.05, 0) is 6.07 Å². The van der Waals surface area contributed by atoms with Gasteiger partial charge in [-0.1, -0.05) is 0 Å². The molecule has 0 bridgehead atoms. The SMILES string of the molecule is O=C(O)Cc1ccc([N+](=O)[O-])c(O)c1F. The number of nitrogens with zero attached hydrogens (tertiary/aromatic N) is 1. The molecule has 1 rings (SSSR count). The zero-order chi connectivity index (χ0) is 11.6. The largest absolute Gasteiger partial charge is 0.500 e. The van der Waals surface area contributed by atoms with Gasteiger partial charge in [-0.3, -0.25) is 14.9 Å². The van der Waals surface area contributed by atoms with Crippen LogP contribution in [0, 0.1) is 15.9 Å². The van der Waals surface area contributed by atoms with Crippen LogP contribution in [0.3, 0.4) is 0 Å². The summed E-state index contributed by atoms with van der Waals surface area (Å²) in [6.07, 6.45) is -0.641. The Morgan fingerprint density at radius 1 is 1.53 bits per heavy atom. The number of carboxylic acids is 1. The molecule has 0 spiro atoms. The number of benzene rings is 1. The average molecular weight is 215 g/mol. The second-order valence-corrected chi connectivity index (χ2v) is 2.73. The monoisotopic (exact) mass is 215 g/mol. The lowest BCUT2D eigenvalue weighted by molar-refractivity contribution is -0.386. The molecule has 2 N–H and O–H groups in total. The topological polar surface area (TPSA) is 101 Å². The Balaban J connectivity index is 3.21. The summed E-state index contributed by atoms with van der Waals surface area (Å²) in [7, 11) is 0. The number of carboxylic acid groups (broad SMARTS) is 1. The van der Waals surface area contributed by atoms with Crippen molar-refractivity contribution >= 4 is 11.7 Å². The Bertz CT molecular complexity index is 431. The zero-order valence-corrected chi connectivity index (χ0v) is 7.31. The van der Waals surface area contributed by atoms with Crippen molar-refractivity contribution in [2.75, 3.05) is 0 Å². The van der Waals surface area contributed by atoms with Gasteiger partial charge in [-0.25, -0.2) is 4.39 Å². The van der Waals surface area contributed by atoms with Gasteiger partial charge >= 0.3 is 11.7 Å². The third-order valence-corrected chi connectivity index (χ3v) is 1.71. The van der Waals surface area contributed by atoms with Gasteiger partial charge in [0.2, 0.25) is 5.75 Å². The Hall–Kier alpha value is -2.18. The zero-order valence-electron chi connectivity index (χ0n) is 7.31. The molecule has 0 amide bonds. The number of rotatable bonds is 3. The van der Waals surface area contributed by atoms with Gasteiger partial charge in [0.05, 0.1) is 11.3 Å². The number of hydrogen-bond donors (Lipinski definition) is 2. The Kier molecular flexibility index (Phi) is 2.84. The number of carbonyl (C=O) groups is 1. The molecular weight excluding hydrogens is 209 g/mol. The summed E-state index contributed by atoms with van der Waals surface area (Å²) >= 11 is 0. The Morgan fingerprint density at radius 2 is 2.13 bits per heavy atom. The standard InChI is InChI=1S/C8H6FNO5/c9-7-4(3-6(11)12)1-2-5(8(7)13)10(14)15/h1-2,13H,3H2,(H,11,12). The van der Waals surface area contributed by atoms with Crippen molar-refractivity contribution in [2.24, 2.45) is 0 Å². The smallest absolute Gasteiger partial charge is 0.313 e. The fourth-order valence-electron chi connectivity index (χ4n) is 1.04. The summed E-state index contributed by atoms with van der Waals surface area (Å²) in [5.41, 5.74) is -1.09. The first-order valence-corrected chi connectivity index (χ1v) is 3.80. The molecule has 0 saturated heterocycles. The van der Waals surface area contributed by atoms with Gasteiger partial charge in [0.25, 0.3) is 0 Å². The molecule has 0 saturated carbocycles. The van der Waals surface area contributed by atoms with Crippen LogP contribution in [0.15, 0.2) is 12.1 Å². The van der Waals surface area contributed by atoms with Crippen LogP contribution in [0.25, 0.3) is 0 Å². The first kappa shape index (κ1) is 10.9. The summed E-state index contributed by atoms with van der Waals surface area (Å²) in [6, 6.07) is 1.82. The summed E-state index contributed by atoms with van der Waals surface area (Å²) < 4.78 is 13.2. The first-order valence-electron chi connectivity index (χ1n) is 3.80. The van der Waals surface area contributed by atoms with E-state index in [1.165, 1.54) is 0 Å². The van der Waals surface area contributed by atoms with Crippen molar-refractivity contribution in [3.05, 3.63) is 33.6 Å². The van der Waals surface area contributed by atoms with Crippen LogP contribution < -0.4 is 0 Å². The molecule has 0 heterocycles. The van der Waals surface area contributed by atoms with Crippen LogP contribution >= 0.6 is 0 Å². The van der Waals surface area contributed by atoms with Gasteiger partial charge in [-0.2, -0.15) is 0 Å². The van der Waals surface area contributed by atoms with E-state index in [0.29, 0.717) is 0 Å². The second-order valence-electron chi connectivity index (χ2n) is 2.73. The van der Waals surface area contributed by atoms with E-state index in [2.05, 4.69) is 0 Å². The van der Waals surface area contributed by atoms with Crippen LogP contribution in [-0.2, 0) is 11.2 Å². The number of nitro groups is 1. The molecule has 7 heteroatoms. The fraction of sp³-hybridized carbons (Fsp3) is 0.125. The molecule has 80 valence electrons. The van der Waals surface area contributed by atoms with Crippen molar-refractivity contribution < 1.29 is 24.3 Å². The lowest BCUT2D eigenvalue weighted by Gasteiger charge is -2.02. The predicted octanol–water partition coefficient (Wildman–Crippen LogP) is 1.07. The molecule has 0 aliphatic carbocycles. The Morgan fingerprint density at radius 3 is 2.60 bits per heavy atom. The fourth-order valence-corrected chi connectivity index (χ4v) is 1.04. The van der Waals surface area contributed by atoms with E-state index in [1.807, 2.05) is 0 Å². The molecule has 15 heavy (non-hydrogen) atoms. The van der Waals surface area contributed by atoms with E-state index in [0.717, 1.165) is 12.1 Å². The predicted molar refractivity (Wildman–Crippen MR) is 46.1 cm³/mol. The summed E-state index contributed by atoms with van der Waals surface area (Å²) in [6.45, 7) is 0. The number of phenolic OH excluding ortho intramolecular Hbond substituents is 1. The third-order valence-electron chi connectivity index (χ3n) is 1.71. The lowest BCUT2D eigenvalue weighted by atomic mass is 10.1. The van der Waals surface area contributed by atoms with E-state index in [-0.39, 0.29) is 5.56 Å². The molecular formula is C8H6FNO5. The number of halogens is 1. The van der Waals surface area contributed by atoms with E-state index in [4.69, 9.17) is 10.2 Å². The summed E-state index contributed by atoms with van der Waals surface area (Å²) in [5.74, 6) is -3.70. The number of phenols is 1. The minimum atomic E-state index is -1.29. The molecule has 0 atom stereocenters. The minimum absolute atomic E-state index is 0.300. The first-order chi connectivity index (χ1) is 6.93. The van der Waals surface area contributed by atoms with E-state index in [9.17, 15) is 19.3 Å². The maximum absolute atomic E-state index is 13.2. The van der Waals surface area contributed by atoms with Crippen LogP contribution in [0.2, 0.25) is 0 Å². The van der Waals surface area contributed by atoms with E-state index >= 15 is 0 Å². The van der Waals surface area contributed by atoms with Crippen molar-refractivity contribution in [1.82, 2.24) is 0 Å². The van der Waals surface area contributed by atoms with Crippen molar-refractivity contribution in [1.29, 1.82) is 0 Å². The normalized spacial score (nSPS) is 9.93. The molecule has 1 aromatic rings. The van der Waals surface area contributed by atoms with Gasteiger partial charge in [0, 0.05) is 11.6 Å². The Labute approximate surface area is 82.7 Å². The van der Waals surface area contributed by atoms with E-state index in [1.54, 1.807) is 0 Å². The number of hydrogen-bond acceptors (Lipinski definition) is 4. The molecule has 0 fully saturated rings. The maximum atomic E-state index is 13.2. The molecule has 0 radical (unpaired) electrons. The van der Waals surface area contributed by atoms with Crippen LogP contribution in [0.5, 0.6) is 5.75 Å². The quantitative estimate of drug-likeness (QED) is 0.580. The van der Waals surface area contributed by atoms with Gasteiger partial charge in [0.15, 0.2) is 5.82 Å². The minimum Gasteiger partial charge on any atom is -0.500 e. The highest BCUT2D eigenvalue weighted by atomic mass is 19.1. The highest BCUT2D eigenvalue weighted by molar-refractivity contribution is 5.71. The molecule has 1 aromatic carbocycles.